The van der Waals surface area contributed by atoms with E-state index in [2.05, 4.69) is 39.2 Å². The fourth-order valence-electron chi connectivity index (χ4n) is 0.824. The van der Waals surface area contributed by atoms with E-state index in [1.54, 1.807) is 0 Å². The Bertz CT molecular complexity index is 179. The Morgan fingerprint density at radius 2 is 2.07 bits per heavy atom. The molecule has 0 amide bonds. The molecular weight excluding hydrogens is 174 g/mol. The highest BCUT2D eigenvalue weighted by atomic mass is 16.5. The predicted molar refractivity (Wildman–Crippen MR) is 62.5 cm³/mol. The molecule has 0 saturated heterocycles. The lowest BCUT2D eigenvalue weighted by molar-refractivity contribution is 0.159. The molecule has 0 bridgehead atoms. The van der Waals surface area contributed by atoms with Crippen molar-refractivity contribution in [2.45, 2.75) is 32.7 Å². The van der Waals surface area contributed by atoms with Crippen LogP contribution in [0.3, 0.4) is 0 Å². The number of hydrogen-bond acceptors (Lipinski definition) is 2. The Kier molecular flexibility index (Phi) is 6.50. The van der Waals surface area contributed by atoms with Crippen LogP contribution in [0.15, 0.2) is 24.8 Å². The van der Waals surface area contributed by atoms with Crippen molar-refractivity contribution in [3.63, 3.8) is 0 Å². The summed E-state index contributed by atoms with van der Waals surface area (Å²) in [6.07, 6.45) is 2.76. The van der Waals surface area contributed by atoms with Crippen LogP contribution in [0.2, 0.25) is 0 Å². The zero-order chi connectivity index (χ0) is 11.0. The second-order valence-corrected chi connectivity index (χ2v) is 4.48. The van der Waals surface area contributed by atoms with Gasteiger partial charge in [-0.2, -0.15) is 0 Å². The molecule has 2 nitrogen and oxygen atoms in total. The van der Waals surface area contributed by atoms with Crippen LogP contribution in [0.4, 0.5) is 0 Å². The Balaban J connectivity index is 3.42. The molecule has 0 heterocycles. The first kappa shape index (κ1) is 13.4. The van der Waals surface area contributed by atoms with Crippen LogP contribution in [-0.2, 0) is 4.74 Å². The number of rotatable bonds is 7. The molecule has 0 saturated carbocycles. The molecule has 2 heteroatoms. The molecule has 0 aromatic carbocycles. The predicted octanol–water partition coefficient (Wildman–Crippen LogP) is 2.52. The maximum atomic E-state index is 5.39. The molecule has 1 N–H and O–H groups in total. The molecule has 0 aliphatic heterocycles. The van der Waals surface area contributed by atoms with Gasteiger partial charge in [0.25, 0.3) is 0 Å². The van der Waals surface area contributed by atoms with E-state index in [4.69, 9.17) is 4.74 Å². The van der Waals surface area contributed by atoms with Gasteiger partial charge in [-0.3, -0.25) is 0 Å². The van der Waals surface area contributed by atoms with Crippen molar-refractivity contribution in [2.24, 2.45) is 0 Å². The maximum absolute atomic E-state index is 5.39. The number of hydrogen-bond donors (Lipinski definition) is 1. The van der Waals surface area contributed by atoms with E-state index in [1.807, 2.05) is 6.08 Å². The maximum Gasteiger partial charge on any atom is 0.0686 e. The van der Waals surface area contributed by atoms with E-state index in [9.17, 15) is 0 Å². The molecule has 0 spiro atoms. The van der Waals surface area contributed by atoms with Gasteiger partial charge in [-0.1, -0.05) is 12.7 Å². The monoisotopic (exact) mass is 197 g/mol. The minimum atomic E-state index is 0.143. The van der Waals surface area contributed by atoms with Crippen molar-refractivity contribution < 1.29 is 4.74 Å². The van der Waals surface area contributed by atoms with Crippen LogP contribution in [-0.4, -0.2) is 25.3 Å². The summed E-state index contributed by atoms with van der Waals surface area (Å²) in [6.45, 7) is 16.2. The number of ether oxygens (including phenoxy) is 1. The van der Waals surface area contributed by atoms with Gasteiger partial charge in [0.2, 0.25) is 0 Å². The molecule has 0 unspecified atom stereocenters. The Morgan fingerprint density at radius 1 is 1.43 bits per heavy atom. The van der Waals surface area contributed by atoms with E-state index in [-0.39, 0.29) is 5.54 Å². The van der Waals surface area contributed by atoms with Gasteiger partial charge in [0.1, 0.15) is 0 Å². The van der Waals surface area contributed by atoms with E-state index < -0.39 is 0 Å². The topological polar surface area (TPSA) is 21.3 Å². The van der Waals surface area contributed by atoms with Crippen molar-refractivity contribution in [2.75, 3.05) is 19.8 Å². The fraction of sp³-hybridized carbons (Fsp3) is 0.667. The standard InChI is InChI=1S/C12H23NO/c1-6-7-8-14-10-11(2)9-13-12(3,4)5/h6,13H,1-2,7-10H2,3-5H3. The lowest BCUT2D eigenvalue weighted by Gasteiger charge is -2.21. The number of nitrogens with one attached hydrogen (secondary N) is 1. The van der Waals surface area contributed by atoms with Gasteiger partial charge in [0.05, 0.1) is 13.2 Å². The van der Waals surface area contributed by atoms with E-state index in [1.165, 1.54) is 0 Å². The van der Waals surface area contributed by atoms with Crippen molar-refractivity contribution in [1.29, 1.82) is 0 Å². The average molecular weight is 197 g/mol. The quantitative estimate of drug-likeness (QED) is 0.500. The third-order valence-corrected chi connectivity index (χ3v) is 1.64. The second-order valence-electron chi connectivity index (χ2n) is 4.48. The third kappa shape index (κ3) is 9.49. The highest BCUT2D eigenvalue weighted by Crippen LogP contribution is 2.00. The third-order valence-electron chi connectivity index (χ3n) is 1.64. The normalized spacial score (nSPS) is 11.4. The highest BCUT2D eigenvalue weighted by Gasteiger charge is 2.08. The van der Waals surface area contributed by atoms with Gasteiger partial charge in [-0.15, -0.1) is 6.58 Å². The Labute approximate surface area is 88.0 Å². The molecule has 82 valence electrons. The molecule has 0 fully saturated rings. The summed E-state index contributed by atoms with van der Waals surface area (Å²) >= 11 is 0. The molecule has 0 aromatic heterocycles. The molecular formula is C12H23NO. The zero-order valence-corrected chi connectivity index (χ0v) is 9.73. The Morgan fingerprint density at radius 3 is 2.57 bits per heavy atom. The van der Waals surface area contributed by atoms with Crippen LogP contribution in [0.5, 0.6) is 0 Å². The minimum absolute atomic E-state index is 0.143. The van der Waals surface area contributed by atoms with Gasteiger partial charge in [-0.05, 0) is 32.8 Å². The average Bonchev–Trinajstić information content (AvgIpc) is 2.08. The molecule has 0 radical (unpaired) electrons. The van der Waals surface area contributed by atoms with Crippen molar-refractivity contribution >= 4 is 0 Å². The fourth-order valence-corrected chi connectivity index (χ4v) is 0.824. The molecule has 14 heavy (non-hydrogen) atoms. The summed E-state index contributed by atoms with van der Waals surface area (Å²) in [7, 11) is 0. The van der Waals surface area contributed by atoms with Crippen LogP contribution in [0.25, 0.3) is 0 Å². The van der Waals surface area contributed by atoms with Crippen molar-refractivity contribution in [3.05, 3.63) is 24.8 Å². The van der Waals surface area contributed by atoms with E-state index >= 15 is 0 Å². The SMILES string of the molecule is C=CCCOCC(=C)CNC(C)(C)C. The van der Waals surface area contributed by atoms with Gasteiger partial charge < -0.3 is 10.1 Å². The largest absolute Gasteiger partial charge is 0.377 e. The summed E-state index contributed by atoms with van der Waals surface area (Å²) in [6, 6.07) is 0. The van der Waals surface area contributed by atoms with Crippen LogP contribution in [0, 0.1) is 0 Å². The van der Waals surface area contributed by atoms with Crippen LogP contribution < -0.4 is 5.32 Å². The van der Waals surface area contributed by atoms with Gasteiger partial charge in [-0.25, -0.2) is 0 Å². The summed E-state index contributed by atoms with van der Waals surface area (Å²) < 4.78 is 5.39. The first-order valence-electron chi connectivity index (χ1n) is 5.06. The first-order valence-corrected chi connectivity index (χ1v) is 5.06. The second kappa shape index (κ2) is 6.80. The molecule has 0 atom stereocenters. The van der Waals surface area contributed by atoms with Gasteiger partial charge in [0, 0.05) is 12.1 Å². The molecule has 0 aliphatic rings. The van der Waals surface area contributed by atoms with Gasteiger partial charge in [0.15, 0.2) is 0 Å². The Hall–Kier alpha value is -0.600. The summed E-state index contributed by atoms with van der Waals surface area (Å²) in [5.74, 6) is 0. The van der Waals surface area contributed by atoms with E-state index in [0.717, 1.165) is 25.1 Å². The van der Waals surface area contributed by atoms with Crippen LogP contribution >= 0.6 is 0 Å². The van der Waals surface area contributed by atoms with Gasteiger partial charge >= 0.3 is 0 Å². The first-order chi connectivity index (χ1) is 6.45. The molecule has 0 aliphatic carbocycles. The lowest BCUT2D eigenvalue weighted by atomic mass is 10.1. The van der Waals surface area contributed by atoms with Crippen LogP contribution in [0.1, 0.15) is 27.2 Å². The molecule has 0 aromatic rings. The minimum Gasteiger partial charge on any atom is -0.377 e. The molecule has 0 rings (SSSR count). The lowest BCUT2D eigenvalue weighted by Crippen LogP contribution is -2.37. The summed E-state index contributed by atoms with van der Waals surface area (Å²) in [5.41, 5.74) is 1.23. The van der Waals surface area contributed by atoms with E-state index in [0.29, 0.717) is 6.61 Å². The smallest absolute Gasteiger partial charge is 0.0686 e. The van der Waals surface area contributed by atoms with Crippen molar-refractivity contribution in [1.82, 2.24) is 5.32 Å². The summed E-state index contributed by atoms with van der Waals surface area (Å²) in [4.78, 5) is 0. The highest BCUT2D eigenvalue weighted by molar-refractivity contribution is 4.98. The van der Waals surface area contributed by atoms with Crippen molar-refractivity contribution in [3.8, 4) is 0 Å². The zero-order valence-electron chi connectivity index (χ0n) is 9.73. The summed E-state index contributed by atoms with van der Waals surface area (Å²) in [5, 5.41) is 3.36.